The molecule has 20 heavy (non-hydrogen) atoms. The van der Waals surface area contributed by atoms with E-state index < -0.39 is 0 Å². The van der Waals surface area contributed by atoms with Crippen LogP contribution in [0.1, 0.15) is 5.56 Å². The maximum atomic E-state index is 9.29. The van der Waals surface area contributed by atoms with Crippen LogP contribution in [-0.2, 0) is 0 Å². The van der Waals surface area contributed by atoms with Crippen LogP contribution in [0.3, 0.4) is 0 Å². The normalized spacial score (nSPS) is 10.7. The Labute approximate surface area is 142 Å². The summed E-state index contributed by atoms with van der Waals surface area (Å²) >= 11 is 11.1. The largest absolute Gasteiger partial charge is 0.330 e. The van der Waals surface area contributed by atoms with Crippen LogP contribution in [0, 0.1) is 19.7 Å². The number of nitriles is 1. The van der Waals surface area contributed by atoms with Crippen LogP contribution in [0.2, 0.25) is 0 Å². The van der Waals surface area contributed by atoms with Crippen LogP contribution >= 0.6 is 50.7 Å². The second-order valence-corrected chi connectivity index (χ2v) is 6.75. The lowest BCUT2D eigenvalue weighted by molar-refractivity contribution is 1.06. The smallest absolute Gasteiger partial charge is 0.182 e. The number of H-pyrrole nitrogens is 1. The van der Waals surface area contributed by atoms with Crippen LogP contribution in [0.15, 0.2) is 40.9 Å². The third-order valence-electron chi connectivity index (χ3n) is 2.97. The lowest BCUT2D eigenvalue weighted by Gasteiger charge is -2.07. The van der Waals surface area contributed by atoms with Gasteiger partial charge in [-0.1, -0.05) is 15.9 Å². The molecule has 0 aliphatic carbocycles. The summed E-state index contributed by atoms with van der Waals surface area (Å²) in [5.41, 5.74) is 3.29. The molecule has 0 fully saturated rings. The van der Waals surface area contributed by atoms with E-state index in [1.54, 1.807) is 6.07 Å². The summed E-state index contributed by atoms with van der Waals surface area (Å²) in [6, 6.07) is 13.8. The fourth-order valence-corrected chi connectivity index (χ4v) is 3.25. The van der Waals surface area contributed by atoms with Gasteiger partial charge in [-0.25, -0.2) is 0 Å². The van der Waals surface area contributed by atoms with Gasteiger partial charge in [-0.05, 0) is 71.2 Å². The van der Waals surface area contributed by atoms with Crippen LogP contribution in [0.4, 0.5) is 0 Å². The number of benzene rings is 2. The van der Waals surface area contributed by atoms with Gasteiger partial charge in [-0.2, -0.15) is 5.26 Å². The van der Waals surface area contributed by atoms with E-state index in [9.17, 15) is 5.26 Å². The monoisotopic (exact) mass is 455 g/mol. The number of hydrogen-bond donors (Lipinski definition) is 1. The van der Waals surface area contributed by atoms with Gasteiger partial charge in [-0.3, -0.25) is 4.57 Å². The van der Waals surface area contributed by atoms with Gasteiger partial charge in [-0.15, -0.1) is 0 Å². The van der Waals surface area contributed by atoms with Crippen molar-refractivity contribution >= 4 is 61.8 Å². The molecular weight excluding hydrogens is 449 g/mol. The number of rotatable bonds is 1. The molecule has 0 aliphatic rings. The topological polar surface area (TPSA) is 44.5 Å². The first-order chi connectivity index (χ1) is 9.60. The molecule has 1 N–H and O–H groups in total. The van der Waals surface area contributed by atoms with Crippen molar-refractivity contribution in [2.24, 2.45) is 0 Å². The average Bonchev–Trinajstić information content (AvgIpc) is 2.73. The summed E-state index contributed by atoms with van der Waals surface area (Å²) in [6.45, 7) is 0. The molecule has 1 heterocycles. The van der Waals surface area contributed by atoms with E-state index in [0.717, 1.165) is 24.8 Å². The predicted molar refractivity (Wildman–Crippen MR) is 93.6 cm³/mol. The molecule has 3 rings (SSSR count). The Kier molecular flexibility index (Phi) is 3.67. The van der Waals surface area contributed by atoms with Crippen molar-refractivity contribution in [3.63, 3.8) is 0 Å². The Hall–Kier alpha value is -1.17. The number of imidazole rings is 1. The van der Waals surface area contributed by atoms with Gasteiger partial charge in [0.05, 0.1) is 22.3 Å². The lowest BCUT2D eigenvalue weighted by atomic mass is 10.2. The summed E-state index contributed by atoms with van der Waals surface area (Å²) < 4.78 is 4.52. The van der Waals surface area contributed by atoms with Crippen molar-refractivity contribution in [1.29, 1.82) is 5.26 Å². The lowest BCUT2D eigenvalue weighted by Crippen LogP contribution is -1.97. The highest BCUT2D eigenvalue weighted by molar-refractivity contribution is 14.1. The molecule has 0 aliphatic heterocycles. The van der Waals surface area contributed by atoms with Gasteiger partial charge < -0.3 is 4.98 Å². The van der Waals surface area contributed by atoms with Crippen LogP contribution in [0.5, 0.6) is 0 Å². The highest BCUT2D eigenvalue weighted by atomic mass is 127. The van der Waals surface area contributed by atoms with E-state index in [1.165, 1.54) is 0 Å². The molecular formula is C14H7BrIN3S. The minimum atomic E-state index is 0.580. The van der Waals surface area contributed by atoms with Crippen molar-refractivity contribution in [2.45, 2.75) is 0 Å². The van der Waals surface area contributed by atoms with Gasteiger partial charge >= 0.3 is 0 Å². The maximum absolute atomic E-state index is 9.29. The molecule has 6 heteroatoms. The van der Waals surface area contributed by atoms with Crippen molar-refractivity contribution in [3.05, 3.63) is 54.8 Å². The van der Waals surface area contributed by atoms with Gasteiger partial charge in [0.15, 0.2) is 4.77 Å². The summed E-state index contributed by atoms with van der Waals surface area (Å²) in [5, 5.41) is 9.29. The Morgan fingerprint density at radius 1 is 1.25 bits per heavy atom. The highest BCUT2D eigenvalue weighted by Crippen LogP contribution is 2.26. The zero-order valence-corrected chi connectivity index (χ0v) is 14.6. The molecule has 3 aromatic rings. The Bertz CT molecular complexity index is 920. The van der Waals surface area contributed by atoms with E-state index in [4.69, 9.17) is 12.2 Å². The summed E-state index contributed by atoms with van der Waals surface area (Å²) in [7, 11) is 0. The van der Waals surface area contributed by atoms with E-state index in [-0.39, 0.29) is 0 Å². The van der Waals surface area contributed by atoms with Crippen molar-refractivity contribution in [1.82, 2.24) is 9.55 Å². The van der Waals surface area contributed by atoms with Crippen LogP contribution in [0.25, 0.3) is 16.7 Å². The standard InChI is InChI=1S/C14H7BrIN3S/c15-9-2-1-8(7-17)13(5-9)19-12-4-3-10(16)6-11(12)18-14(19)20/h1-6H,(H,18,20). The molecule has 0 spiro atoms. The molecule has 0 unspecified atom stereocenters. The second-order valence-electron chi connectivity index (χ2n) is 4.20. The third-order valence-corrected chi connectivity index (χ3v) is 4.41. The fourth-order valence-electron chi connectivity index (χ4n) is 2.11. The Morgan fingerprint density at radius 2 is 2.05 bits per heavy atom. The van der Waals surface area contributed by atoms with E-state index >= 15 is 0 Å². The number of aromatic nitrogens is 2. The molecule has 98 valence electrons. The van der Waals surface area contributed by atoms with E-state index in [1.807, 2.05) is 34.9 Å². The van der Waals surface area contributed by atoms with Gasteiger partial charge in [0, 0.05) is 8.04 Å². The van der Waals surface area contributed by atoms with E-state index in [0.29, 0.717) is 10.3 Å². The zero-order chi connectivity index (χ0) is 14.3. The van der Waals surface area contributed by atoms with Crippen molar-refractivity contribution in [2.75, 3.05) is 0 Å². The van der Waals surface area contributed by atoms with Crippen LogP contribution in [-0.4, -0.2) is 9.55 Å². The van der Waals surface area contributed by atoms with Gasteiger partial charge in [0.2, 0.25) is 0 Å². The summed E-state index contributed by atoms with van der Waals surface area (Å²) in [4.78, 5) is 3.19. The minimum Gasteiger partial charge on any atom is -0.330 e. The molecule has 1 aromatic heterocycles. The van der Waals surface area contributed by atoms with Gasteiger partial charge in [0.25, 0.3) is 0 Å². The molecule has 2 aromatic carbocycles. The number of halogens is 2. The van der Waals surface area contributed by atoms with Crippen molar-refractivity contribution < 1.29 is 0 Å². The van der Waals surface area contributed by atoms with Crippen LogP contribution < -0.4 is 0 Å². The molecule has 0 atom stereocenters. The summed E-state index contributed by atoms with van der Waals surface area (Å²) in [5.74, 6) is 0. The number of nitrogens with one attached hydrogen (secondary N) is 1. The highest BCUT2D eigenvalue weighted by Gasteiger charge is 2.11. The molecule has 3 nitrogen and oxygen atoms in total. The Balaban J connectivity index is 2.41. The fraction of sp³-hybridized carbons (Fsp3) is 0. The number of fused-ring (bicyclic) bond motifs is 1. The Morgan fingerprint density at radius 3 is 2.80 bits per heavy atom. The maximum Gasteiger partial charge on any atom is 0.182 e. The molecule has 0 saturated carbocycles. The predicted octanol–water partition coefficient (Wildman–Crippen LogP) is 4.93. The first-order valence-electron chi connectivity index (χ1n) is 5.70. The van der Waals surface area contributed by atoms with Gasteiger partial charge in [0.1, 0.15) is 6.07 Å². The number of aromatic amines is 1. The number of hydrogen-bond acceptors (Lipinski definition) is 2. The first-order valence-corrected chi connectivity index (χ1v) is 7.98. The van der Waals surface area contributed by atoms with Crippen molar-refractivity contribution in [3.8, 4) is 11.8 Å². The second kappa shape index (κ2) is 5.31. The van der Waals surface area contributed by atoms with E-state index in [2.05, 4.69) is 49.6 Å². The average molecular weight is 456 g/mol. The molecule has 0 radical (unpaired) electrons. The summed E-state index contributed by atoms with van der Waals surface area (Å²) in [6.07, 6.45) is 0. The molecule has 0 amide bonds. The molecule has 0 saturated heterocycles. The zero-order valence-electron chi connectivity index (χ0n) is 10.0. The SMILES string of the molecule is N#Cc1ccc(Br)cc1-n1c(=S)[nH]c2cc(I)ccc21. The number of nitrogens with zero attached hydrogens (tertiary/aromatic N) is 2. The third kappa shape index (κ3) is 2.30. The first kappa shape index (κ1) is 13.8. The quantitative estimate of drug-likeness (QED) is 0.417. The molecule has 0 bridgehead atoms. The minimum absolute atomic E-state index is 0.580.